The fourth-order valence-corrected chi connectivity index (χ4v) is 10.3. The Morgan fingerprint density at radius 3 is 2.62 bits per heavy atom. The third-order valence-electron chi connectivity index (χ3n) is 10.5. The Kier molecular flexibility index (Phi) is 6.68. The van der Waals surface area contributed by atoms with Crippen LogP contribution in [0.15, 0.2) is 36.4 Å². The van der Waals surface area contributed by atoms with Gasteiger partial charge in [-0.05, 0) is 86.1 Å². The minimum absolute atomic E-state index is 0.0229. The molecule has 3 fully saturated rings. The van der Waals surface area contributed by atoms with Crippen molar-refractivity contribution in [2.75, 3.05) is 13.1 Å². The molecule has 0 radical (unpaired) electrons. The van der Waals surface area contributed by atoms with Crippen LogP contribution < -0.4 is 9.46 Å². The number of nitrogens with zero attached hydrogens (tertiary/aromatic N) is 1. The number of sulfonamides is 1. The van der Waals surface area contributed by atoms with Crippen LogP contribution in [0.2, 0.25) is 0 Å². The highest BCUT2D eigenvalue weighted by atomic mass is 32.2. The van der Waals surface area contributed by atoms with Gasteiger partial charge < -0.3 is 14.6 Å². The standard InChI is InChI=1S/C33H42N2O6S/c1-20(2)16-23-6-4-5-7-25(23)19-42(38,39)34-26-12-13-33(41-21(3)36)28-17-24-10-11-27(37)30-29(24)32(33,31(26)40-30)14-15-35(28)18-22-8-9-22/h4-7,10-11,20,22,26,28,31,34,37H,8-9,12-19H2,1-3H3/t26-,28-,31+,32+,33-/m1/s1. The highest BCUT2D eigenvalue weighted by Crippen LogP contribution is 2.66. The second-order valence-electron chi connectivity index (χ2n) is 13.7. The number of phenols is 1. The molecule has 5 aliphatic rings. The summed E-state index contributed by atoms with van der Waals surface area (Å²) in [6, 6.07) is 10.9. The largest absolute Gasteiger partial charge is 0.504 e. The van der Waals surface area contributed by atoms with Gasteiger partial charge in [-0.15, -0.1) is 0 Å². The van der Waals surface area contributed by atoms with Crippen molar-refractivity contribution in [1.82, 2.24) is 9.62 Å². The molecule has 2 heterocycles. The van der Waals surface area contributed by atoms with Crippen LogP contribution in [0.4, 0.5) is 0 Å². The summed E-state index contributed by atoms with van der Waals surface area (Å²) in [6.07, 6.45) is 5.08. The maximum Gasteiger partial charge on any atom is 0.303 e. The molecule has 226 valence electrons. The molecule has 0 aromatic heterocycles. The second-order valence-corrected chi connectivity index (χ2v) is 15.5. The lowest BCUT2D eigenvalue weighted by Crippen LogP contribution is -2.79. The van der Waals surface area contributed by atoms with E-state index in [-0.39, 0.29) is 23.5 Å². The van der Waals surface area contributed by atoms with Crippen LogP contribution in [0.25, 0.3) is 0 Å². The average Bonchev–Trinajstić information content (AvgIpc) is 3.66. The summed E-state index contributed by atoms with van der Waals surface area (Å²) in [5.74, 6) is 1.13. The van der Waals surface area contributed by atoms with E-state index in [2.05, 4.69) is 23.5 Å². The van der Waals surface area contributed by atoms with E-state index in [9.17, 15) is 18.3 Å². The first kappa shape index (κ1) is 28.2. The zero-order valence-corrected chi connectivity index (χ0v) is 25.6. The summed E-state index contributed by atoms with van der Waals surface area (Å²) < 4.78 is 43.8. The van der Waals surface area contributed by atoms with Gasteiger partial charge in [-0.25, -0.2) is 13.1 Å². The number of rotatable bonds is 9. The lowest BCUT2D eigenvalue weighted by molar-refractivity contribution is -0.218. The van der Waals surface area contributed by atoms with Gasteiger partial charge in [-0.2, -0.15) is 0 Å². The number of piperidine rings is 1. The van der Waals surface area contributed by atoms with E-state index < -0.39 is 33.2 Å². The van der Waals surface area contributed by atoms with E-state index in [1.54, 1.807) is 6.07 Å². The zero-order valence-electron chi connectivity index (χ0n) is 24.8. The minimum atomic E-state index is -3.74. The van der Waals surface area contributed by atoms with Crippen LogP contribution in [0.5, 0.6) is 11.5 Å². The van der Waals surface area contributed by atoms with Crippen molar-refractivity contribution < 1.29 is 27.8 Å². The monoisotopic (exact) mass is 594 g/mol. The molecule has 2 aromatic rings. The number of phenolic OH excluding ortho intramolecular Hbond substituents is 1. The van der Waals surface area contributed by atoms with Crippen molar-refractivity contribution in [2.45, 2.75) is 101 Å². The van der Waals surface area contributed by atoms with Crippen LogP contribution in [0.1, 0.15) is 75.1 Å². The number of carbonyl (C=O) groups excluding carboxylic acids is 1. The maximum atomic E-state index is 13.8. The average molecular weight is 595 g/mol. The Balaban J connectivity index is 1.27. The molecule has 0 amide bonds. The molecule has 2 saturated carbocycles. The van der Waals surface area contributed by atoms with Gasteiger partial charge in [0, 0.05) is 19.0 Å². The number of benzene rings is 2. The summed E-state index contributed by atoms with van der Waals surface area (Å²) in [6.45, 7) is 7.54. The van der Waals surface area contributed by atoms with Gasteiger partial charge in [-0.3, -0.25) is 9.69 Å². The van der Waals surface area contributed by atoms with Crippen molar-refractivity contribution in [3.63, 3.8) is 0 Å². The molecule has 2 aliphatic heterocycles. The second kappa shape index (κ2) is 9.96. The number of carbonyl (C=O) groups is 1. The van der Waals surface area contributed by atoms with Crippen LogP contribution in [-0.4, -0.2) is 61.3 Å². The predicted octanol–water partition coefficient (Wildman–Crippen LogP) is 4.21. The van der Waals surface area contributed by atoms with Gasteiger partial charge in [-0.1, -0.05) is 44.2 Å². The lowest BCUT2D eigenvalue weighted by Gasteiger charge is -2.65. The van der Waals surface area contributed by atoms with E-state index in [1.807, 2.05) is 30.3 Å². The zero-order chi connectivity index (χ0) is 29.4. The summed E-state index contributed by atoms with van der Waals surface area (Å²) in [5.41, 5.74) is 2.28. The molecule has 2 bridgehead atoms. The number of nitrogens with one attached hydrogen (secondary N) is 1. The first-order valence-electron chi connectivity index (χ1n) is 15.6. The molecular weight excluding hydrogens is 552 g/mol. The molecule has 2 N–H and O–H groups in total. The highest BCUT2D eigenvalue weighted by molar-refractivity contribution is 7.88. The first-order valence-corrected chi connectivity index (χ1v) is 17.2. The van der Waals surface area contributed by atoms with Crippen molar-refractivity contribution in [3.8, 4) is 11.5 Å². The summed E-state index contributed by atoms with van der Waals surface area (Å²) >= 11 is 0. The van der Waals surface area contributed by atoms with E-state index >= 15 is 0 Å². The smallest absolute Gasteiger partial charge is 0.303 e. The highest BCUT2D eigenvalue weighted by Gasteiger charge is 2.75. The Morgan fingerprint density at radius 2 is 1.90 bits per heavy atom. The quantitative estimate of drug-likeness (QED) is 0.419. The fourth-order valence-electron chi connectivity index (χ4n) is 8.85. The molecule has 7 rings (SSSR count). The van der Waals surface area contributed by atoms with Crippen LogP contribution >= 0.6 is 0 Å². The number of likely N-dealkylation sites (tertiary alicyclic amines) is 1. The Bertz CT molecular complexity index is 1520. The van der Waals surface area contributed by atoms with Gasteiger partial charge in [0.05, 0.1) is 23.3 Å². The fraction of sp³-hybridized carbons (Fsp3) is 0.606. The third-order valence-corrected chi connectivity index (χ3v) is 11.8. The maximum absolute atomic E-state index is 13.8. The number of aromatic hydroxyl groups is 1. The van der Waals surface area contributed by atoms with Crippen LogP contribution in [-0.2, 0) is 43.6 Å². The summed E-state index contributed by atoms with van der Waals surface area (Å²) in [4.78, 5) is 15.3. The number of ether oxygens (including phenoxy) is 2. The van der Waals surface area contributed by atoms with Crippen molar-refractivity contribution in [2.24, 2.45) is 11.8 Å². The minimum Gasteiger partial charge on any atom is -0.504 e. The molecule has 1 saturated heterocycles. The third kappa shape index (κ3) is 4.37. The van der Waals surface area contributed by atoms with Crippen LogP contribution in [0.3, 0.4) is 0 Å². The SMILES string of the molecule is CC(=O)O[C@@]12CC[C@@H](NS(=O)(=O)Cc3ccccc3CC(C)C)[C@@H]3Oc4c(O)ccc5c4[C@@]31CCN(CC1CC1)[C@@H]2C5. The molecule has 42 heavy (non-hydrogen) atoms. The molecule has 1 spiro atoms. The Labute approximate surface area is 248 Å². The van der Waals surface area contributed by atoms with E-state index in [4.69, 9.17) is 9.47 Å². The predicted molar refractivity (Wildman–Crippen MR) is 159 cm³/mol. The van der Waals surface area contributed by atoms with Crippen molar-refractivity contribution >= 4 is 16.0 Å². The van der Waals surface area contributed by atoms with Gasteiger partial charge in [0.1, 0.15) is 11.7 Å². The molecule has 3 aliphatic carbocycles. The Morgan fingerprint density at radius 1 is 1.14 bits per heavy atom. The molecule has 8 nitrogen and oxygen atoms in total. The van der Waals surface area contributed by atoms with Gasteiger partial charge in [0.25, 0.3) is 0 Å². The topological polar surface area (TPSA) is 105 Å². The summed E-state index contributed by atoms with van der Waals surface area (Å²) in [5, 5.41) is 11.0. The normalized spacial score (nSPS) is 31.5. The van der Waals surface area contributed by atoms with E-state index in [1.165, 1.54) is 19.8 Å². The molecule has 9 heteroatoms. The van der Waals surface area contributed by atoms with Crippen molar-refractivity contribution in [3.05, 3.63) is 58.7 Å². The molecule has 0 unspecified atom stereocenters. The van der Waals surface area contributed by atoms with Crippen molar-refractivity contribution in [1.29, 1.82) is 0 Å². The van der Waals surface area contributed by atoms with Gasteiger partial charge >= 0.3 is 5.97 Å². The number of hydrogen-bond donors (Lipinski definition) is 2. The Hall–Kier alpha value is -2.62. The van der Waals surface area contributed by atoms with Gasteiger partial charge in [0.15, 0.2) is 11.5 Å². The van der Waals surface area contributed by atoms with Crippen LogP contribution in [0, 0.1) is 11.8 Å². The molecule has 2 aromatic carbocycles. The first-order chi connectivity index (χ1) is 20.0. The molecule has 5 atom stereocenters. The van der Waals surface area contributed by atoms with Gasteiger partial charge in [0.2, 0.25) is 10.0 Å². The van der Waals surface area contributed by atoms with E-state index in [0.29, 0.717) is 43.3 Å². The molecular formula is C33H42N2O6S. The number of esters is 1. The summed E-state index contributed by atoms with van der Waals surface area (Å²) in [7, 11) is -3.74. The number of hydrogen-bond acceptors (Lipinski definition) is 7. The van der Waals surface area contributed by atoms with E-state index in [0.717, 1.165) is 41.8 Å². The lowest BCUT2D eigenvalue weighted by atomic mass is 9.48.